The zero-order valence-electron chi connectivity index (χ0n) is 65.3. The summed E-state index contributed by atoms with van der Waals surface area (Å²) in [4.78, 5) is 185. The zero-order valence-corrected chi connectivity index (χ0v) is 65.3. The lowest BCUT2D eigenvalue weighted by Gasteiger charge is -2.31. The molecule has 2 saturated carbocycles. The quantitative estimate of drug-likeness (QED) is 0.0604. The summed E-state index contributed by atoms with van der Waals surface area (Å²) in [5.74, 6) is 1.60. The molecule has 10 rings (SSSR count). The van der Waals surface area contributed by atoms with Gasteiger partial charge in [0.05, 0.1) is 63.8 Å². The average Bonchev–Trinajstić information content (AvgIpc) is 0.807. The molecule has 115 heavy (non-hydrogen) atoms. The standard InChI is InChI=1S/C15H22N2O2.C15H10N2O2.C12H6N2O2.C10H11NO.C8H4N2O2.C8H7NO.C7H8.C5H9NO.C3H5NO.2C2H3NO/c2*18-10-16-14-5-1-12(2-6-14)9-13-3-7-15(8-4-13)17-11-19;15-7-13-11-5-1-3-9-10(11)4-2-6-12(9)14-8-16;1-10(2,11-8-12)9-6-4-3-5-7-9;11-5-9-7-1-2-8(4-3-7)10-6-12;10-7-9-6-8-4-2-1-3-5-8;1-7-5-3-2-4-6-7;1-5(2,3)6-4-7;1-2-4-3-5;2*1-3-2-4/h12-15H,1-9H2;1-8H,9H2;1-6H;3-7H,1-2H3;1-4H;1-5H,6H2;2-6H,1H3;1-3H3;2H2,1H3;2*1H3. The number of hydrogen-bond acceptors (Lipinski definition) is 28. The second-order valence-electron chi connectivity index (χ2n) is 25.2. The molecule has 28 heteroatoms. The van der Waals surface area contributed by atoms with Gasteiger partial charge in [0.1, 0.15) is 0 Å². The van der Waals surface area contributed by atoms with Gasteiger partial charge in [-0.3, -0.25) is 0 Å². The van der Waals surface area contributed by atoms with Crippen LogP contribution in [0.4, 0.5) is 34.1 Å². The van der Waals surface area contributed by atoms with Crippen molar-refractivity contribution in [3.8, 4) is 0 Å². The smallest absolute Gasteiger partial charge is 0.211 e. The maximum Gasteiger partial charge on any atom is 0.240 e. The van der Waals surface area contributed by atoms with Gasteiger partial charge in [-0.1, -0.05) is 145 Å². The molecule has 2 aliphatic rings. The SMILES string of the molecule is CC(C)(C)N=C=O.CC(C)(N=C=O)c1ccccc1.CCN=C=O.CN=C=O.CN=C=O.Cc1ccccc1.O=C=NC1CCC(CC2CCC(N=C=O)CC2)CC1.O=C=NCc1ccccc1.O=C=Nc1ccc(Cc2ccc(N=C=O)cc2)cc1.O=C=Nc1ccc(N=C=O)cc1.O=C=Nc1cccc2c(N=C=O)cccc12. The van der Waals surface area contributed by atoms with Crippen molar-refractivity contribution < 1.29 is 67.1 Å². The lowest BCUT2D eigenvalue weighted by Crippen LogP contribution is -2.23. The van der Waals surface area contributed by atoms with Crippen molar-refractivity contribution in [2.45, 2.75) is 142 Å². The van der Waals surface area contributed by atoms with Crippen LogP contribution in [0.2, 0.25) is 0 Å². The molecule has 0 saturated heterocycles. The number of aliphatic imine (C=N–C) groups is 14. The van der Waals surface area contributed by atoms with Crippen molar-refractivity contribution in [3.63, 3.8) is 0 Å². The first-order valence-corrected chi connectivity index (χ1v) is 35.4. The van der Waals surface area contributed by atoms with Crippen LogP contribution >= 0.6 is 0 Å². The monoisotopic (exact) mass is 1550 g/mol. The molecule has 0 spiro atoms. The van der Waals surface area contributed by atoms with Gasteiger partial charge in [0.15, 0.2) is 0 Å². The Kier molecular flexibility index (Phi) is 56.9. The minimum Gasteiger partial charge on any atom is -0.211 e. The minimum absolute atomic E-state index is 0.228. The molecule has 8 aromatic rings. The Hall–Kier alpha value is -14.7. The van der Waals surface area contributed by atoms with E-state index >= 15 is 0 Å². The predicted molar refractivity (Wildman–Crippen MR) is 437 cm³/mol. The van der Waals surface area contributed by atoms with Crippen molar-refractivity contribution >= 4 is 130 Å². The molecule has 2 aliphatic carbocycles. The van der Waals surface area contributed by atoms with Crippen molar-refractivity contribution in [2.75, 3.05) is 20.6 Å². The lowest BCUT2D eigenvalue weighted by molar-refractivity contribution is 0.226. The van der Waals surface area contributed by atoms with Crippen LogP contribution in [0.15, 0.2) is 270 Å². The molecule has 0 N–H and O–H groups in total. The van der Waals surface area contributed by atoms with Gasteiger partial charge in [-0.05, 0) is 207 Å². The van der Waals surface area contributed by atoms with Crippen molar-refractivity contribution in [3.05, 3.63) is 228 Å². The van der Waals surface area contributed by atoms with E-state index in [0.717, 1.165) is 77.0 Å². The fraction of sp³-hybridized carbons (Fsp3) is 0.310. The highest BCUT2D eigenvalue weighted by molar-refractivity contribution is 6.00. The first-order chi connectivity index (χ1) is 55.6. The van der Waals surface area contributed by atoms with E-state index in [1.54, 1.807) is 110 Å². The molecule has 0 aromatic heterocycles. The summed E-state index contributed by atoms with van der Waals surface area (Å²) in [6, 6.07) is 61.4. The Labute approximate surface area is 666 Å². The third-order valence-electron chi connectivity index (χ3n) is 15.5. The number of rotatable bonds is 17. The van der Waals surface area contributed by atoms with Crippen LogP contribution < -0.4 is 0 Å². The minimum atomic E-state index is -0.455. The van der Waals surface area contributed by atoms with Crippen LogP contribution in [-0.4, -0.2) is 123 Å². The number of isocyanates is 14. The van der Waals surface area contributed by atoms with Gasteiger partial charge < -0.3 is 0 Å². The third kappa shape index (κ3) is 49.9. The third-order valence-corrected chi connectivity index (χ3v) is 15.5. The zero-order chi connectivity index (χ0) is 85.4. The van der Waals surface area contributed by atoms with E-state index in [1.807, 2.05) is 138 Å². The molecule has 0 heterocycles. The normalized spacial score (nSPS) is 12.9. The molecule has 0 unspecified atom stereocenters. The second kappa shape index (κ2) is 65.2. The Bertz CT molecular complexity index is 4680. The first kappa shape index (κ1) is 100. The Morgan fingerprint density at radius 1 is 0.330 bits per heavy atom. The number of carbonyl (C=O) groups excluding carboxylic acids is 14. The first-order valence-electron chi connectivity index (χ1n) is 35.4. The van der Waals surface area contributed by atoms with Crippen LogP contribution in [0.25, 0.3) is 10.8 Å². The number of fused-ring (bicyclic) bond motifs is 1. The molecule has 8 aromatic carbocycles. The summed E-state index contributed by atoms with van der Waals surface area (Å²) < 4.78 is 0. The van der Waals surface area contributed by atoms with Crippen molar-refractivity contribution in [2.24, 2.45) is 81.7 Å². The van der Waals surface area contributed by atoms with Crippen LogP contribution in [0.1, 0.15) is 127 Å². The number of aryl methyl sites for hydroxylation is 1. The van der Waals surface area contributed by atoms with E-state index in [4.69, 9.17) is 14.4 Å². The van der Waals surface area contributed by atoms with E-state index in [9.17, 15) is 52.7 Å². The molecule has 590 valence electrons. The predicted octanol–water partition coefficient (Wildman–Crippen LogP) is 17.9. The average molecular weight is 1550 g/mol. The lowest BCUT2D eigenvalue weighted by atomic mass is 9.76. The summed E-state index contributed by atoms with van der Waals surface area (Å²) in [5, 5.41) is 1.50. The summed E-state index contributed by atoms with van der Waals surface area (Å²) in [6.07, 6.45) is 31.8. The van der Waals surface area contributed by atoms with Gasteiger partial charge in [0.2, 0.25) is 85.1 Å². The van der Waals surface area contributed by atoms with Gasteiger partial charge in [0, 0.05) is 31.4 Å². The van der Waals surface area contributed by atoms with Gasteiger partial charge in [-0.25, -0.2) is 102 Å². The van der Waals surface area contributed by atoms with Gasteiger partial charge >= 0.3 is 0 Å². The summed E-state index contributed by atoms with van der Waals surface area (Å²) in [7, 11) is 2.76. The van der Waals surface area contributed by atoms with E-state index in [0.29, 0.717) is 47.2 Å². The maximum atomic E-state index is 10.3. The summed E-state index contributed by atoms with van der Waals surface area (Å²) >= 11 is 0. The van der Waals surface area contributed by atoms with E-state index in [2.05, 4.69) is 89.0 Å². The Morgan fingerprint density at radius 3 is 0.939 bits per heavy atom. The Morgan fingerprint density at radius 2 is 0.670 bits per heavy atom. The van der Waals surface area contributed by atoms with Crippen molar-refractivity contribution in [1.29, 1.82) is 0 Å². The molecule has 0 radical (unpaired) electrons. The number of benzene rings is 8. The maximum absolute atomic E-state index is 10.3. The fourth-order valence-corrected chi connectivity index (χ4v) is 10.1. The number of hydrogen-bond donors (Lipinski definition) is 0. The molecule has 0 atom stereocenters. The molecule has 0 bridgehead atoms. The van der Waals surface area contributed by atoms with Crippen LogP contribution in [0.5, 0.6) is 0 Å². The van der Waals surface area contributed by atoms with Gasteiger partial charge in [-0.15, -0.1) is 0 Å². The number of nitrogens with zero attached hydrogens (tertiary/aromatic N) is 14. The molecule has 0 amide bonds. The molecule has 2 fully saturated rings. The summed E-state index contributed by atoms with van der Waals surface area (Å²) in [5.41, 5.74) is 8.05. The molecular weight excluding hydrogens is 1470 g/mol. The van der Waals surface area contributed by atoms with Gasteiger partial charge in [0.25, 0.3) is 0 Å². The molecule has 28 nitrogen and oxygen atoms in total. The highest BCUT2D eigenvalue weighted by atomic mass is 16.2. The molecular formula is C87H88N14O14. The summed E-state index contributed by atoms with van der Waals surface area (Å²) in [6.45, 7) is 14.1. The van der Waals surface area contributed by atoms with Crippen LogP contribution in [-0.2, 0) is 85.6 Å². The highest BCUT2D eigenvalue weighted by Gasteiger charge is 2.27. The van der Waals surface area contributed by atoms with Crippen LogP contribution in [0, 0.1) is 18.8 Å². The van der Waals surface area contributed by atoms with Gasteiger partial charge in [-0.2, -0.15) is 34.9 Å². The van der Waals surface area contributed by atoms with E-state index in [-0.39, 0.29) is 17.6 Å². The molecule has 0 aliphatic heterocycles. The van der Waals surface area contributed by atoms with E-state index in [1.165, 1.54) is 119 Å². The fourth-order valence-electron chi connectivity index (χ4n) is 10.1. The Balaban J connectivity index is 0.00000129. The highest BCUT2D eigenvalue weighted by Crippen LogP contribution is 2.37. The topological polar surface area (TPSA) is 412 Å². The second-order valence-corrected chi connectivity index (χ2v) is 25.2. The van der Waals surface area contributed by atoms with Crippen LogP contribution in [0.3, 0.4) is 0 Å². The largest absolute Gasteiger partial charge is 0.240 e. The van der Waals surface area contributed by atoms with Crippen molar-refractivity contribution in [1.82, 2.24) is 0 Å². The van der Waals surface area contributed by atoms with E-state index < -0.39 is 5.54 Å².